The minimum atomic E-state index is -0.0619. The number of guanidine groups is 1. The fourth-order valence-corrected chi connectivity index (χ4v) is 3.24. The number of halogens is 1. The van der Waals surface area contributed by atoms with Crippen LogP contribution in [0, 0.1) is 11.8 Å². The van der Waals surface area contributed by atoms with E-state index >= 15 is 0 Å². The maximum atomic E-state index is 11.8. The number of methoxy groups -OCH3 is 1. The average Bonchev–Trinajstić information content (AvgIpc) is 3.02. The van der Waals surface area contributed by atoms with E-state index in [4.69, 9.17) is 4.74 Å². The SMILES string of the molecule is CCNC(=NCC(=O)NCCOC)N1CCC(C(CC)CC)C1.I. The van der Waals surface area contributed by atoms with Crippen molar-refractivity contribution in [3.05, 3.63) is 0 Å². The van der Waals surface area contributed by atoms with Gasteiger partial charge in [0, 0.05) is 33.3 Å². The summed E-state index contributed by atoms with van der Waals surface area (Å²) in [5.74, 6) is 2.33. The topological polar surface area (TPSA) is 66.0 Å². The number of hydrogen-bond acceptors (Lipinski definition) is 3. The number of nitrogens with zero attached hydrogens (tertiary/aromatic N) is 2. The van der Waals surface area contributed by atoms with Crippen LogP contribution in [-0.2, 0) is 9.53 Å². The van der Waals surface area contributed by atoms with Gasteiger partial charge in [-0.05, 0) is 25.2 Å². The molecule has 0 bridgehead atoms. The maximum absolute atomic E-state index is 11.8. The minimum Gasteiger partial charge on any atom is -0.383 e. The minimum absolute atomic E-state index is 0. The second-order valence-corrected chi connectivity index (χ2v) is 6.08. The predicted molar refractivity (Wildman–Crippen MR) is 110 cm³/mol. The van der Waals surface area contributed by atoms with Gasteiger partial charge >= 0.3 is 0 Å². The molecule has 1 atom stereocenters. The second-order valence-electron chi connectivity index (χ2n) is 6.08. The molecule has 0 aromatic rings. The van der Waals surface area contributed by atoms with Crippen LogP contribution in [0.3, 0.4) is 0 Å². The van der Waals surface area contributed by atoms with E-state index in [1.54, 1.807) is 7.11 Å². The standard InChI is InChI=1S/C17H34N4O2.HI/c1-5-14(6-2)15-8-10-21(13-15)17(18-7-3)20-12-16(22)19-9-11-23-4;/h14-15H,5-13H2,1-4H3,(H,18,20)(H,19,22);1H. The first-order valence-electron chi connectivity index (χ1n) is 8.95. The van der Waals surface area contributed by atoms with Gasteiger partial charge in [-0.2, -0.15) is 0 Å². The molecule has 1 aliphatic rings. The normalized spacial score (nSPS) is 17.8. The lowest BCUT2D eigenvalue weighted by Crippen LogP contribution is -2.41. The van der Waals surface area contributed by atoms with Crippen molar-refractivity contribution < 1.29 is 9.53 Å². The molecule has 1 rings (SSSR count). The predicted octanol–water partition coefficient (Wildman–Crippen LogP) is 2.09. The van der Waals surface area contributed by atoms with Gasteiger partial charge < -0.3 is 20.3 Å². The van der Waals surface area contributed by atoms with E-state index in [2.05, 4.69) is 41.3 Å². The summed E-state index contributed by atoms with van der Waals surface area (Å²) in [6.07, 6.45) is 3.70. The van der Waals surface area contributed by atoms with E-state index in [-0.39, 0.29) is 36.4 Å². The van der Waals surface area contributed by atoms with Crippen LogP contribution in [0.25, 0.3) is 0 Å². The Morgan fingerprint density at radius 2 is 2.00 bits per heavy atom. The fraction of sp³-hybridized carbons (Fsp3) is 0.882. The lowest BCUT2D eigenvalue weighted by Gasteiger charge is -2.24. The summed E-state index contributed by atoms with van der Waals surface area (Å²) >= 11 is 0. The Bertz CT molecular complexity index is 376. The number of nitrogens with one attached hydrogen (secondary N) is 2. The van der Waals surface area contributed by atoms with Gasteiger partial charge in [0.15, 0.2) is 5.96 Å². The van der Waals surface area contributed by atoms with Gasteiger partial charge in [0.1, 0.15) is 6.54 Å². The van der Waals surface area contributed by atoms with Crippen LogP contribution in [0.2, 0.25) is 0 Å². The number of aliphatic imine (C=N–C) groups is 1. The van der Waals surface area contributed by atoms with Crippen molar-refractivity contribution in [3.8, 4) is 0 Å². The third-order valence-electron chi connectivity index (χ3n) is 4.58. The third-order valence-corrected chi connectivity index (χ3v) is 4.58. The average molecular weight is 454 g/mol. The molecule has 1 fully saturated rings. The molecule has 0 aromatic heterocycles. The van der Waals surface area contributed by atoms with Gasteiger partial charge in [-0.15, -0.1) is 24.0 Å². The molecule has 1 unspecified atom stereocenters. The highest BCUT2D eigenvalue weighted by molar-refractivity contribution is 14.0. The van der Waals surface area contributed by atoms with Crippen LogP contribution in [0.1, 0.15) is 40.0 Å². The van der Waals surface area contributed by atoms with E-state index in [9.17, 15) is 4.79 Å². The molecule has 142 valence electrons. The Morgan fingerprint density at radius 3 is 2.58 bits per heavy atom. The molecule has 0 aliphatic carbocycles. The molecular weight excluding hydrogens is 419 g/mol. The molecule has 1 amide bonds. The van der Waals surface area contributed by atoms with Gasteiger partial charge in [0.2, 0.25) is 5.91 Å². The summed E-state index contributed by atoms with van der Waals surface area (Å²) in [6.45, 7) is 10.7. The summed E-state index contributed by atoms with van der Waals surface area (Å²) in [6, 6.07) is 0. The van der Waals surface area contributed by atoms with Crippen LogP contribution in [0.15, 0.2) is 4.99 Å². The molecule has 24 heavy (non-hydrogen) atoms. The van der Waals surface area contributed by atoms with Crippen LogP contribution in [-0.4, -0.2) is 63.2 Å². The quantitative estimate of drug-likeness (QED) is 0.242. The van der Waals surface area contributed by atoms with E-state index < -0.39 is 0 Å². The van der Waals surface area contributed by atoms with E-state index in [1.807, 2.05) is 0 Å². The zero-order chi connectivity index (χ0) is 17.1. The molecule has 1 saturated heterocycles. The Labute approximate surface area is 164 Å². The van der Waals surface area contributed by atoms with Crippen LogP contribution in [0.5, 0.6) is 0 Å². The summed E-state index contributed by atoms with van der Waals surface area (Å²) in [5.41, 5.74) is 0. The van der Waals surface area contributed by atoms with Gasteiger partial charge in [0.25, 0.3) is 0 Å². The molecule has 2 N–H and O–H groups in total. The Balaban J connectivity index is 0.00000529. The molecule has 1 heterocycles. The number of likely N-dealkylation sites (tertiary alicyclic amines) is 1. The highest BCUT2D eigenvalue weighted by atomic mass is 127. The highest BCUT2D eigenvalue weighted by Crippen LogP contribution is 2.28. The monoisotopic (exact) mass is 454 g/mol. The molecule has 0 radical (unpaired) electrons. The lowest BCUT2D eigenvalue weighted by atomic mass is 9.87. The summed E-state index contributed by atoms with van der Waals surface area (Å²) in [4.78, 5) is 18.6. The molecule has 1 aliphatic heterocycles. The Kier molecular flexibility index (Phi) is 13.4. The first kappa shape index (κ1) is 23.4. The number of carbonyl (C=O) groups excluding carboxylic acids is 1. The first-order valence-corrected chi connectivity index (χ1v) is 8.95. The molecular formula is C17H35IN4O2. The molecule has 0 aromatic carbocycles. The highest BCUT2D eigenvalue weighted by Gasteiger charge is 2.29. The zero-order valence-electron chi connectivity index (χ0n) is 15.6. The lowest BCUT2D eigenvalue weighted by molar-refractivity contribution is -0.119. The largest absolute Gasteiger partial charge is 0.383 e. The first-order chi connectivity index (χ1) is 11.2. The van der Waals surface area contributed by atoms with Crippen molar-refractivity contribution in [2.24, 2.45) is 16.8 Å². The van der Waals surface area contributed by atoms with Gasteiger partial charge in [-0.25, -0.2) is 4.99 Å². The van der Waals surface area contributed by atoms with Crippen molar-refractivity contribution in [2.45, 2.75) is 40.0 Å². The van der Waals surface area contributed by atoms with Crippen molar-refractivity contribution >= 4 is 35.8 Å². The summed E-state index contributed by atoms with van der Waals surface area (Å²) in [5, 5.41) is 6.11. The van der Waals surface area contributed by atoms with Crippen LogP contribution in [0.4, 0.5) is 0 Å². The van der Waals surface area contributed by atoms with Crippen LogP contribution >= 0.6 is 24.0 Å². The smallest absolute Gasteiger partial charge is 0.241 e. The molecule has 6 nitrogen and oxygen atoms in total. The number of carbonyl (C=O) groups is 1. The van der Waals surface area contributed by atoms with E-state index in [0.717, 1.165) is 37.4 Å². The number of amides is 1. The number of rotatable bonds is 9. The van der Waals surface area contributed by atoms with Crippen molar-refractivity contribution in [1.29, 1.82) is 0 Å². The van der Waals surface area contributed by atoms with Crippen molar-refractivity contribution in [1.82, 2.24) is 15.5 Å². The van der Waals surface area contributed by atoms with E-state index in [0.29, 0.717) is 13.2 Å². The van der Waals surface area contributed by atoms with Gasteiger partial charge in [-0.3, -0.25) is 4.79 Å². The summed E-state index contributed by atoms with van der Waals surface area (Å²) < 4.78 is 4.92. The molecule has 0 saturated carbocycles. The Morgan fingerprint density at radius 1 is 1.29 bits per heavy atom. The van der Waals surface area contributed by atoms with Crippen molar-refractivity contribution in [2.75, 3.05) is 46.4 Å². The maximum Gasteiger partial charge on any atom is 0.241 e. The fourth-order valence-electron chi connectivity index (χ4n) is 3.24. The summed E-state index contributed by atoms with van der Waals surface area (Å²) in [7, 11) is 1.62. The van der Waals surface area contributed by atoms with E-state index in [1.165, 1.54) is 19.3 Å². The molecule has 7 heteroatoms. The van der Waals surface area contributed by atoms with Gasteiger partial charge in [-0.1, -0.05) is 26.7 Å². The van der Waals surface area contributed by atoms with Crippen molar-refractivity contribution in [3.63, 3.8) is 0 Å². The number of ether oxygens (including phenoxy) is 1. The molecule has 0 spiro atoms. The zero-order valence-corrected chi connectivity index (χ0v) is 18.0. The number of hydrogen-bond donors (Lipinski definition) is 2. The van der Waals surface area contributed by atoms with Crippen LogP contribution < -0.4 is 10.6 Å². The second kappa shape index (κ2) is 13.7. The Hall–Kier alpha value is -0.570. The third kappa shape index (κ3) is 8.00. The van der Waals surface area contributed by atoms with Gasteiger partial charge in [0.05, 0.1) is 6.61 Å².